The Morgan fingerprint density at radius 2 is 1.81 bits per heavy atom. The third-order valence-corrected chi connectivity index (χ3v) is 5.45. The molecule has 4 rings (SSSR count). The van der Waals surface area contributed by atoms with E-state index < -0.39 is 0 Å². The summed E-state index contributed by atoms with van der Waals surface area (Å²) in [6.45, 7) is 5.41. The van der Waals surface area contributed by atoms with Gasteiger partial charge in [-0.25, -0.2) is 0 Å². The van der Waals surface area contributed by atoms with Gasteiger partial charge in [0.05, 0.1) is 13.1 Å². The van der Waals surface area contributed by atoms with Crippen LogP contribution in [0.15, 0.2) is 54.6 Å². The fourth-order valence-corrected chi connectivity index (χ4v) is 4.04. The van der Waals surface area contributed by atoms with Crippen LogP contribution in [0.1, 0.15) is 29.8 Å². The molecule has 0 aliphatic carbocycles. The Labute approximate surface area is 159 Å². The van der Waals surface area contributed by atoms with Crippen LogP contribution in [0.2, 0.25) is 0 Å². The maximum atomic E-state index is 5.84. The zero-order valence-electron chi connectivity index (χ0n) is 15.2. The molecular weight excluding hydrogens is 340 g/mol. The molecule has 0 saturated carbocycles. The number of hydrogen-bond donors (Lipinski definition) is 1. The maximum absolute atomic E-state index is 5.84. The van der Waals surface area contributed by atoms with Crippen molar-refractivity contribution in [2.45, 2.75) is 32.9 Å². The molecule has 0 unspecified atom stereocenters. The zero-order chi connectivity index (χ0) is 17.9. The fraction of sp³-hybridized carbons (Fsp3) is 0.333. The Morgan fingerprint density at radius 1 is 1.04 bits per heavy atom. The van der Waals surface area contributed by atoms with Crippen LogP contribution >= 0.6 is 12.2 Å². The lowest BCUT2D eigenvalue weighted by Crippen LogP contribution is -3.09. The van der Waals surface area contributed by atoms with Gasteiger partial charge in [0.15, 0.2) is 6.67 Å². The Morgan fingerprint density at radius 3 is 2.54 bits per heavy atom. The smallest absolute Gasteiger partial charge is 0.207 e. The normalized spacial score (nSPS) is 14.8. The quantitative estimate of drug-likeness (QED) is 0.704. The molecule has 1 saturated heterocycles. The molecule has 0 bridgehead atoms. The molecule has 26 heavy (non-hydrogen) atoms. The van der Waals surface area contributed by atoms with Crippen molar-refractivity contribution in [3.63, 3.8) is 0 Å². The highest BCUT2D eigenvalue weighted by atomic mass is 32.1. The van der Waals surface area contributed by atoms with Crippen LogP contribution < -0.4 is 4.90 Å². The lowest BCUT2D eigenvalue weighted by Gasteiger charge is -2.11. The molecule has 1 N–H and O–H groups in total. The van der Waals surface area contributed by atoms with E-state index in [-0.39, 0.29) is 0 Å². The van der Waals surface area contributed by atoms with Gasteiger partial charge in [0.2, 0.25) is 4.77 Å². The third kappa shape index (κ3) is 3.64. The van der Waals surface area contributed by atoms with E-state index in [1.165, 1.54) is 37.1 Å². The molecule has 1 aliphatic rings. The highest BCUT2D eigenvalue weighted by molar-refractivity contribution is 7.71. The molecule has 0 spiro atoms. The summed E-state index contributed by atoms with van der Waals surface area (Å²) in [6, 6.07) is 19.0. The Kier molecular flexibility index (Phi) is 5.00. The molecule has 1 aliphatic heterocycles. The molecule has 1 aromatic heterocycles. The number of quaternary nitrogens is 1. The van der Waals surface area contributed by atoms with E-state index in [1.807, 2.05) is 10.7 Å². The Hall–Kier alpha value is -2.24. The van der Waals surface area contributed by atoms with E-state index in [0.717, 1.165) is 29.4 Å². The number of rotatable bonds is 5. The zero-order valence-corrected chi connectivity index (χ0v) is 16.0. The van der Waals surface area contributed by atoms with Gasteiger partial charge in [0.1, 0.15) is 5.82 Å². The second-order valence-electron chi connectivity index (χ2n) is 7.15. The van der Waals surface area contributed by atoms with Crippen molar-refractivity contribution in [3.05, 3.63) is 76.3 Å². The van der Waals surface area contributed by atoms with Crippen molar-refractivity contribution in [1.82, 2.24) is 14.3 Å². The van der Waals surface area contributed by atoms with Crippen LogP contribution in [-0.4, -0.2) is 27.4 Å². The van der Waals surface area contributed by atoms with Crippen molar-refractivity contribution in [2.24, 2.45) is 0 Å². The first kappa shape index (κ1) is 17.2. The molecule has 1 fully saturated rings. The number of likely N-dealkylation sites (tertiary alicyclic amines) is 1. The minimum atomic E-state index is 0.779. The first-order valence-corrected chi connectivity index (χ1v) is 9.75. The summed E-state index contributed by atoms with van der Waals surface area (Å²) in [4.78, 5) is 1.57. The number of nitrogens with one attached hydrogen (secondary N) is 1. The van der Waals surface area contributed by atoms with Crippen LogP contribution in [-0.2, 0) is 13.1 Å². The van der Waals surface area contributed by atoms with E-state index >= 15 is 0 Å². The molecule has 134 valence electrons. The second kappa shape index (κ2) is 7.56. The van der Waals surface area contributed by atoms with E-state index in [4.69, 9.17) is 17.3 Å². The van der Waals surface area contributed by atoms with Gasteiger partial charge in [-0.05, 0) is 42.4 Å². The summed E-state index contributed by atoms with van der Waals surface area (Å²) < 4.78 is 4.96. The van der Waals surface area contributed by atoms with Gasteiger partial charge in [-0.1, -0.05) is 42.5 Å². The lowest BCUT2D eigenvalue weighted by atomic mass is 10.1. The molecule has 0 radical (unpaired) electrons. The van der Waals surface area contributed by atoms with Crippen LogP contribution in [0.3, 0.4) is 0 Å². The van der Waals surface area contributed by atoms with Gasteiger partial charge in [0, 0.05) is 24.9 Å². The van der Waals surface area contributed by atoms with Crippen molar-refractivity contribution in [2.75, 3.05) is 13.1 Å². The largest absolute Gasteiger partial charge is 0.316 e. The summed E-state index contributed by atoms with van der Waals surface area (Å²) in [5, 5.41) is 4.93. The average molecular weight is 366 g/mol. The summed E-state index contributed by atoms with van der Waals surface area (Å²) >= 11 is 5.84. The highest BCUT2D eigenvalue weighted by Crippen LogP contribution is 2.17. The molecule has 5 heteroatoms. The number of nitrogens with zero attached hydrogens (tertiary/aromatic N) is 3. The minimum absolute atomic E-state index is 0.779. The van der Waals surface area contributed by atoms with E-state index in [0.29, 0.717) is 0 Å². The van der Waals surface area contributed by atoms with Crippen LogP contribution in [0, 0.1) is 11.7 Å². The first-order valence-electron chi connectivity index (χ1n) is 9.34. The highest BCUT2D eigenvalue weighted by Gasteiger charge is 2.19. The van der Waals surface area contributed by atoms with Crippen molar-refractivity contribution >= 4 is 12.2 Å². The summed E-state index contributed by atoms with van der Waals surface area (Å²) in [6.07, 6.45) is 3.39. The summed E-state index contributed by atoms with van der Waals surface area (Å²) in [7, 11) is 0. The summed E-state index contributed by atoms with van der Waals surface area (Å²) in [5.41, 5.74) is 3.58. The number of benzene rings is 2. The van der Waals surface area contributed by atoms with E-state index in [9.17, 15) is 0 Å². The third-order valence-electron chi connectivity index (χ3n) is 5.06. The molecule has 2 heterocycles. The van der Waals surface area contributed by atoms with Gasteiger partial charge in [-0.3, -0.25) is 4.57 Å². The van der Waals surface area contributed by atoms with E-state index in [1.54, 1.807) is 4.90 Å². The molecule has 2 aromatic carbocycles. The monoisotopic (exact) mass is 365 g/mol. The molecule has 4 nitrogen and oxygen atoms in total. The Balaban J connectivity index is 1.75. The molecule has 3 aromatic rings. The van der Waals surface area contributed by atoms with Gasteiger partial charge in [0.25, 0.3) is 0 Å². The van der Waals surface area contributed by atoms with Gasteiger partial charge in [-0.2, -0.15) is 9.78 Å². The molecular formula is C21H25N4S+. The molecule has 0 amide bonds. The maximum Gasteiger partial charge on any atom is 0.207 e. The topological polar surface area (TPSA) is 27.2 Å². The fourth-order valence-electron chi connectivity index (χ4n) is 3.72. The van der Waals surface area contributed by atoms with E-state index in [2.05, 4.69) is 60.0 Å². The van der Waals surface area contributed by atoms with Crippen LogP contribution in [0.25, 0.3) is 5.69 Å². The van der Waals surface area contributed by atoms with Gasteiger partial charge >= 0.3 is 0 Å². The van der Waals surface area contributed by atoms with Crippen LogP contribution in [0.5, 0.6) is 0 Å². The summed E-state index contributed by atoms with van der Waals surface area (Å²) in [5.74, 6) is 1.00. The average Bonchev–Trinajstić information content (AvgIpc) is 3.25. The van der Waals surface area contributed by atoms with Crippen molar-refractivity contribution in [1.29, 1.82) is 0 Å². The lowest BCUT2D eigenvalue weighted by molar-refractivity contribution is -0.911. The SMILES string of the molecule is Cc1cccc(-n2c(Cc3ccccc3)nn(C[NH+]3CCCC3)c2=S)c1. The van der Waals surface area contributed by atoms with Gasteiger partial charge < -0.3 is 4.90 Å². The van der Waals surface area contributed by atoms with Crippen molar-refractivity contribution in [3.8, 4) is 5.69 Å². The minimum Gasteiger partial charge on any atom is -0.316 e. The van der Waals surface area contributed by atoms with Gasteiger partial charge in [-0.15, -0.1) is 0 Å². The predicted octanol–water partition coefficient (Wildman–Crippen LogP) is 2.94. The number of aromatic nitrogens is 3. The number of aryl methyl sites for hydroxylation is 1. The molecule has 0 atom stereocenters. The predicted molar refractivity (Wildman–Crippen MR) is 106 cm³/mol. The number of hydrogen-bond acceptors (Lipinski definition) is 2. The van der Waals surface area contributed by atoms with Crippen molar-refractivity contribution < 1.29 is 4.90 Å². The first-order chi connectivity index (χ1) is 12.7. The second-order valence-corrected chi connectivity index (χ2v) is 7.52. The Bertz CT molecular complexity index is 936. The standard InChI is InChI=1S/C21H24N4S/c1-17-8-7-11-19(14-17)25-20(15-18-9-3-2-4-10-18)22-24(21(25)26)16-23-12-5-6-13-23/h2-4,7-11,14H,5-6,12-13,15-16H2,1H3/p+1. The van der Waals surface area contributed by atoms with Crippen LogP contribution in [0.4, 0.5) is 0 Å².